The molecule has 1 heterocycles. The van der Waals surface area contributed by atoms with Crippen molar-refractivity contribution >= 4 is 0 Å². The molecule has 0 spiro atoms. The Hall–Kier alpha value is -0.0800. The van der Waals surface area contributed by atoms with Gasteiger partial charge in [-0.15, -0.1) is 0 Å². The van der Waals surface area contributed by atoms with E-state index < -0.39 is 0 Å². The first-order chi connectivity index (χ1) is 8.21. The fraction of sp³-hybridized carbons (Fsp3) is 1.00. The highest BCUT2D eigenvalue weighted by Gasteiger charge is 2.38. The highest BCUT2D eigenvalue weighted by atomic mass is 15.3. The number of rotatable bonds is 3. The molecule has 0 radical (unpaired) electrons. The molecule has 0 amide bonds. The van der Waals surface area contributed by atoms with Crippen LogP contribution in [0.2, 0.25) is 0 Å². The van der Waals surface area contributed by atoms with Crippen molar-refractivity contribution in [3.05, 3.63) is 0 Å². The molecule has 0 aromatic rings. The van der Waals surface area contributed by atoms with E-state index in [9.17, 15) is 0 Å². The summed E-state index contributed by atoms with van der Waals surface area (Å²) in [6.07, 6.45) is 9.77. The van der Waals surface area contributed by atoms with Crippen LogP contribution in [0.25, 0.3) is 0 Å². The third-order valence-corrected chi connectivity index (χ3v) is 5.22. The van der Waals surface area contributed by atoms with E-state index in [4.69, 9.17) is 0 Å². The summed E-state index contributed by atoms with van der Waals surface area (Å²) in [4.78, 5) is 2.82. The summed E-state index contributed by atoms with van der Waals surface area (Å²) in [7, 11) is 0. The topological polar surface area (TPSA) is 15.3 Å². The summed E-state index contributed by atoms with van der Waals surface area (Å²) in [6, 6.07) is 1.60. The third kappa shape index (κ3) is 2.85. The lowest BCUT2D eigenvalue weighted by Gasteiger charge is -2.50. The zero-order valence-electron chi connectivity index (χ0n) is 12.0. The van der Waals surface area contributed by atoms with Crippen molar-refractivity contribution in [1.29, 1.82) is 0 Å². The van der Waals surface area contributed by atoms with Crippen molar-refractivity contribution in [3.8, 4) is 0 Å². The average Bonchev–Trinajstić information content (AvgIpc) is 2.41. The van der Waals surface area contributed by atoms with Gasteiger partial charge in [0.2, 0.25) is 0 Å². The van der Waals surface area contributed by atoms with Crippen LogP contribution in [0.4, 0.5) is 0 Å². The Morgan fingerprint density at radius 3 is 2.35 bits per heavy atom. The van der Waals surface area contributed by atoms with Gasteiger partial charge in [0.15, 0.2) is 0 Å². The second-order valence-electron chi connectivity index (χ2n) is 6.18. The zero-order chi connectivity index (χ0) is 12.3. The molecule has 2 nitrogen and oxygen atoms in total. The van der Waals surface area contributed by atoms with Crippen LogP contribution in [0.1, 0.15) is 65.7 Å². The molecule has 2 rings (SSSR count). The SMILES string of the molecule is CCC1(CC)CN(C2CCCCC2)C(C)CN1. The van der Waals surface area contributed by atoms with Crippen molar-refractivity contribution in [1.82, 2.24) is 10.2 Å². The lowest BCUT2D eigenvalue weighted by atomic mass is 9.85. The van der Waals surface area contributed by atoms with E-state index in [2.05, 4.69) is 31.0 Å². The molecule has 1 aliphatic heterocycles. The van der Waals surface area contributed by atoms with Crippen molar-refractivity contribution in [2.75, 3.05) is 13.1 Å². The van der Waals surface area contributed by atoms with Crippen molar-refractivity contribution in [2.45, 2.75) is 83.3 Å². The molecular formula is C15H30N2. The number of hydrogen-bond acceptors (Lipinski definition) is 2. The maximum Gasteiger partial charge on any atom is 0.0304 e. The fourth-order valence-electron chi connectivity index (χ4n) is 3.67. The van der Waals surface area contributed by atoms with Gasteiger partial charge in [-0.05, 0) is 32.6 Å². The predicted molar refractivity (Wildman–Crippen MR) is 74.4 cm³/mol. The molecule has 1 saturated carbocycles. The molecule has 2 fully saturated rings. The molecule has 1 N–H and O–H groups in total. The smallest absolute Gasteiger partial charge is 0.0304 e. The normalized spacial score (nSPS) is 31.6. The van der Waals surface area contributed by atoms with Crippen LogP contribution in [-0.2, 0) is 0 Å². The lowest BCUT2D eigenvalue weighted by molar-refractivity contribution is 0.0302. The number of piperazine rings is 1. The first-order valence-electron chi connectivity index (χ1n) is 7.71. The molecule has 1 unspecified atom stereocenters. The van der Waals surface area contributed by atoms with Crippen molar-refractivity contribution in [3.63, 3.8) is 0 Å². The van der Waals surface area contributed by atoms with E-state index in [1.807, 2.05) is 0 Å². The standard InChI is InChI=1S/C15H30N2/c1-4-15(5-2)12-17(13(3)11-16-15)14-9-7-6-8-10-14/h13-14,16H,4-12H2,1-3H3. The van der Waals surface area contributed by atoms with E-state index in [0.29, 0.717) is 5.54 Å². The summed E-state index contributed by atoms with van der Waals surface area (Å²) in [5.41, 5.74) is 0.393. The molecule has 1 atom stereocenters. The quantitative estimate of drug-likeness (QED) is 0.812. The summed E-state index contributed by atoms with van der Waals surface area (Å²) in [5.74, 6) is 0. The molecule has 2 heteroatoms. The Morgan fingerprint density at radius 2 is 1.76 bits per heavy atom. The fourth-order valence-corrected chi connectivity index (χ4v) is 3.67. The molecule has 100 valence electrons. The monoisotopic (exact) mass is 238 g/mol. The van der Waals surface area contributed by atoms with Gasteiger partial charge in [-0.25, -0.2) is 0 Å². The second-order valence-corrected chi connectivity index (χ2v) is 6.18. The van der Waals surface area contributed by atoms with Crippen LogP contribution in [0.5, 0.6) is 0 Å². The second kappa shape index (κ2) is 5.71. The highest BCUT2D eigenvalue weighted by Crippen LogP contribution is 2.30. The number of nitrogens with zero attached hydrogens (tertiary/aromatic N) is 1. The van der Waals surface area contributed by atoms with Gasteiger partial charge >= 0.3 is 0 Å². The maximum absolute atomic E-state index is 3.81. The van der Waals surface area contributed by atoms with E-state index >= 15 is 0 Å². The van der Waals surface area contributed by atoms with E-state index in [1.165, 1.54) is 58.0 Å². The van der Waals surface area contributed by atoms with Gasteiger partial charge in [0.1, 0.15) is 0 Å². The minimum absolute atomic E-state index is 0.393. The van der Waals surface area contributed by atoms with E-state index in [0.717, 1.165) is 12.1 Å². The van der Waals surface area contributed by atoms with E-state index in [1.54, 1.807) is 0 Å². The molecule has 17 heavy (non-hydrogen) atoms. The predicted octanol–water partition coefficient (Wildman–Crippen LogP) is 3.17. The lowest BCUT2D eigenvalue weighted by Crippen LogP contribution is -2.65. The minimum Gasteiger partial charge on any atom is -0.308 e. The number of hydrogen-bond donors (Lipinski definition) is 1. The van der Waals surface area contributed by atoms with Crippen LogP contribution in [0, 0.1) is 0 Å². The zero-order valence-corrected chi connectivity index (χ0v) is 12.0. The average molecular weight is 238 g/mol. The third-order valence-electron chi connectivity index (χ3n) is 5.22. The maximum atomic E-state index is 3.81. The van der Waals surface area contributed by atoms with Gasteiger partial charge in [-0.2, -0.15) is 0 Å². The summed E-state index contributed by atoms with van der Waals surface area (Å²) in [6.45, 7) is 9.53. The molecule has 2 aliphatic rings. The van der Waals surface area contributed by atoms with Crippen LogP contribution in [-0.4, -0.2) is 35.6 Å². The van der Waals surface area contributed by atoms with E-state index in [-0.39, 0.29) is 0 Å². The molecular weight excluding hydrogens is 208 g/mol. The van der Waals surface area contributed by atoms with Crippen molar-refractivity contribution < 1.29 is 0 Å². The highest BCUT2D eigenvalue weighted by molar-refractivity contribution is 4.97. The summed E-state index contributed by atoms with van der Waals surface area (Å²) >= 11 is 0. The molecule has 1 saturated heterocycles. The molecule has 0 bridgehead atoms. The first kappa shape index (κ1) is 13.4. The summed E-state index contributed by atoms with van der Waals surface area (Å²) < 4.78 is 0. The van der Waals surface area contributed by atoms with Crippen LogP contribution in [0.3, 0.4) is 0 Å². The Balaban J connectivity index is 2.03. The largest absolute Gasteiger partial charge is 0.308 e. The summed E-state index contributed by atoms with van der Waals surface area (Å²) in [5, 5.41) is 3.81. The Morgan fingerprint density at radius 1 is 1.12 bits per heavy atom. The Labute approximate surface area is 107 Å². The molecule has 0 aromatic heterocycles. The van der Waals surface area contributed by atoms with Gasteiger partial charge in [-0.3, -0.25) is 4.90 Å². The van der Waals surface area contributed by atoms with Gasteiger partial charge in [0.05, 0.1) is 0 Å². The van der Waals surface area contributed by atoms with Crippen molar-refractivity contribution in [2.24, 2.45) is 0 Å². The van der Waals surface area contributed by atoms with Crippen LogP contribution < -0.4 is 5.32 Å². The van der Waals surface area contributed by atoms with Gasteiger partial charge in [0, 0.05) is 30.7 Å². The molecule has 0 aromatic carbocycles. The van der Waals surface area contributed by atoms with Gasteiger partial charge in [-0.1, -0.05) is 33.1 Å². The minimum atomic E-state index is 0.393. The first-order valence-corrected chi connectivity index (χ1v) is 7.71. The van der Waals surface area contributed by atoms with Gasteiger partial charge < -0.3 is 5.32 Å². The Kier molecular flexibility index (Phi) is 4.48. The molecule has 1 aliphatic carbocycles. The Bertz CT molecular complexity index is 229. The van der Waals surface area contributed by atoms with Crippen LogP contribution >= 0.6 is 0 Å². The number of nitrogens with one attached hydrogen (secondary N) is 1. The van der Waals surface area contributed by atoms with Gasteiger partial charge in [0.25, 0.3) is 0 Å². The van der Waals surface area contributed by atoms with Crippen LogP contribution in [0.15, 0.2) is 0 Å².